The van der Waals surface area contributed by atoms with Crippen molar-refractivity contribution < 1.29 is 13.9 Å². The predicted octanol–water partition coefficient (Wildman–Crippen LogP) is 4.51. The van der Waals surface area contributed by atoms with Crippen molar-refractivity contribution in [2.24, 2.45) is 0 Å². The molecule has 3 heterocycles. The quantitative estimate of drug-likeness (QED) is 0.352. The first-order valence-electron chi connectivity index (χ1n) is 9.84. The zero-order chi connectivity index (χ0) is 20.5. The van der Waals surface area contributed by atoms with Crippen molar-refractivity contribution in [3.63, 3.8) is 0 Å². The third-order valence-corrected chi connectivity index (χ3v) is 5.33. The normalized spacial score (nSPS) is 17.4. The molecule has 5 rings (SSSR count). The summed E-state index contributed by atoms with van der Waals surface area (Å²) < 4.78 is 11.4. The van der Waals surface area contributed by atoms with E-state index in [-0.39, 0.29) is 11.7 Å². The molecule has 1 saturated heterocycles. The lowest BCUT2D eigenvalue weighted by Crippen LogP contribution is -2.33. The van der Waals surface area contributed by atoms with Gasteiger partial charge >= 0.3 is 0 Å². The largest absolute Gasteiger partial charge is 0.439 e. The van der Waals surface area contributed by atoms with Crippen LogP contribution in [0.1, 0.15) is 37.1 Å². The van der Waals surface area contributed by atoms with Crippen LogP contribution < -0.4 is 0 Å². The molecule has 1 atom stereocenters. The number of benzene rings is 2. The Morgan fingerprint density at radius 2 is 2.03 bits per heavy atom. The summed E-state index contributed by atoms with van der Waals surface area (Å²) in [6.07, 6.45) is 3.12. The van der Waals surface area contributed by atoms with Gasteiger partial charge in [-0.2, -0.15) is 4.98 Å². The van der Waals surface area contributed by atoms with Crippen LogP contribution in [0.3, 0.4) is 0 Å². The number of nitro groups is 1. The lowest BCUT2D eigenvalue weighted by molar-refractivity contribution is -0.384. The molecule has 1 aliphatic rings. The first-order chi connectivity index (χ1) is 14.7. The summed E-state index contributed by atoms with van der Waals surface area (Å²) in [6.45, 7) is 1.34. The van der Waals surface area contributed by atoms with Crippen LogP contribution in [0.5, 0.6) is 0 Å². The van der Waals surface area contributed by atoms with E-state index in [4.69, 9.17) is 8.94 Å². The van der Waals surface area contributed by atoms with Gasteiger partial charge in [0.25, 0.3) is 5.69 Å². The van der Waals surface area contributed by atoms with Crippen molar-refractivity contribution in [1.29, 1.82) is 0 Å². The number of rotatable bonds is 5. The number of hydrogen-bond acceptors (Lipinski definition) is 8. The van der Waals surface area contributed by atoms with E-state index < -0.39 is 4.92 Å². The van der Waals surface area contributed by atoms with Gasteiger partial charge in [0, 0.05) is 17.7 Å². The molecule has 9 heteroatoms. The molecule has 2 aromatic carbocycles. The first-order valence-corrected chi connectivity index (χ1v) is 9.84. The van der Waals surface area contributed by atoms with Crippen molar-refractivity contribution in [2.45, 2.75) is 31.8 Å². The standard InChI is InChI=1S/C21H19N5O4/c27-26(28)15-7-5-6-14(12-15)20-23-19(30-24-20)13-25-11-4-3-9-17(25)21-22-16-8-1-2-10-18(16)29-21/h1-2,5-8,10,12,17H,3-4,9,11,13H2/t17-/m0/s1. The zero-order valence-electron chi connectivity index (χ0n) is 16.1. The topological polar surface area (TPSA) is 111 Å². The number of likely N-dealkylation sites (tertiary alicyclic amines) is 1. The molecule has 2 aromatic heterocycles. The molecular weight excluding hydrogens is 386 g/mol. The summed E-state index contributed by atoms with van der Waals surface area (Å²) in [7, 11) is 0. The summed E-state index contributed by atoms with van der Waals surface area (Å²) >= 11 is 0. The Morgan fingerprint density at radius 1 is 1.13 bits per heavy atom. The van der Waals surface area contributed by atoms with Crippen LogP contribution in [0, 0.1) is 10.1 Å². The van der Waals surface area contributed by atoms with Gasteiger partial charge in [-0.1, -0.05) is 35.8 Å². The molecule has 0 bridgehead atoms. The molecule has 1 aliphatic heterocycles. The van der Waals surface area contributed by atoms with Gasteiger partial charge in [0.15, 0.2) is 5.58 Å². The summed E-state index contributed by atoms with van der Waals surface area (Å²) in [5.74, 6) is 1.50. The van der Waals surface area contributed by atoms with E-state index in [1.807, 2.05) is 24.3 Å². The highest BCUT2D eigenvalue weighted by Crippen LogP contribution is 2.33. The van der Waals surface area contributed by atoms with Crippen LogP contribution in [-0.4, -0.2) is 31.5 Å². The Balaban J connectivity index is 1.38. The number of aromatic nitrogens is 3. The Kier molecular flexibility index (Phi) is 4.72. The number of nitrogens with zero attached hydrogens (tertiary/aromatic N) is 5. The van der Waals surface area contributed by atoms with E-state index in [0.717, 1.165) is 36.9 Å². The van der Waals surface area contributed by atoms with E-state index in [1.165, 1.54) is 12.1 Å². The van der Waals surface area contributed by atoms with Crippen molar-refractivity contribution >= 4 is 16.8 Å². The molecule has 9 nitrogen and oxygen atoms in total. The van der Waals surface area contributed by atoms with Crippen molar-refractivity contribution in [2.75, 3.05) is 6.54 Å². The maximum absolute atomic E-state index is 11.0. The van der Waals surface area contributed by atoms with E-state index in [0.29, 0.717) is 29.7 Å². The van der Waals surface area contributed by atoms with Crippen molar-refractivity contribution in [3.05, 3.63) is 70.4 Å². The fourth-order valence-corrected chi connectivity index (χ4v) is 3.86. The molecule has 1 fully saturated rings. The Labute approximate surface area is 171 Å². The molecule has 0 amide bonds. The van der Waals surface area contributed by atoms with Crippen LogP contribution in [0.25, 0.3) is 22.5 Å². The first kappa shape index (κ1) is 18.4. The van der Waals surface area contributed by atoms with Gasteiger partial charge in [0.05, 0.1) is 17.5 Å². The Bertz CT molecular complexity index is 1170. The van der Waals surface area contributed by atoms with Gasteiger partial charge in [-0.15, -0.1) is 0 Å². The second-order valence-corrected chi connectivity index (χ2v) is 7.32. The number of para-hydroxylation sites is 2. The number of nitro benzene ring substituents is 1. The minimum atomic E-state index is -0.441. The maximum atomic E-state index is 11.0. The Morgan fingerprint density at radius 3 is 2.90 bits per heavy atom. The average molecular weight is 405 g/mol. The highest BCUT2D eigenvalue weighted by Gasteiger charge is 2.29. The van der Waals surface area contributed by atoms with Gasteiger partial charge in [0.2, 0.25) is 17.6 Å². The monoisotopic (exact) mass is 405 g/mol. The fraction of sp³-hybridized carbons (Fsp3) is 0.286. The van der Waals surface area contributed by atoms with E-state index in [9.17, 15) is 10.1 Å². The van der Waals surface area contributed by atoms with Crippen LogP contribution in [0.4, 0.5) is 5.69 Å². The van der Waals surface area contributed by atoms with Crippen molar-refractivity contribution in [1.82, 2.24) is 20.0 Å². The lowest BCUT2D eigenvalue weighted by Gasteiger charge is -2.32. The third-order valence-electron chi connectivity index (χ3n) is 5.33. The van der Waals surface area contributed by atoms with Gasteiger partial charge < -0.3 is 8.94 Å². The molecule has 0 spiro atoms. The van der Waals surface area contributed by atoms with Crippen LogP contribution in [0.2, 0.25) is 0 Å². The van der Waals surface area contributed by atoms with Gasteiger partial charge in [0.1, 0.15) is 5.52 Å². The molecule has 0 N–H and O–H groups in total. The summed E-state index contributed by atoms with van der Waals surface area (Å²) in [5.41, 5.74) is 2.17. The highest BCUT2D eigenvalue weighted by molar-refractivity contribution is 5.72. The van der Waals surface area contributed by atoms with Crippen LogP contribution >= 0.6 is 0 Å². The smallest absolute Gasteiger partial charge is 0.270 e. The number of fused-ring (bicyclic) bond motifs is 1. The van der Waals surface area contributed by atoms with Gasteiger partial charge in [-0.25, -0.2) is 4.98 Å². The molecule has 0 aliphatic carbocycles. The SMILES string of the molecule is O=[N+]([O-])c1cccc(-c2noc(CN3CCCC[C@H]3c3nc4ccccc4o3)n2)c1. The number of piperidine rings is 1. The number of oxazole rings is 1. The van der Waals surface area contributed by atoms with E-state index in [1.54, 1.807) is 12.1 Å². The highest BCUT2D eigenvalue weighted by atomic mass is 16.6. The summed E-state index contributed by atoms with van der Waals surface area (Å²) in [6, 6.07) is 14.0. The summed E-state index contributed by atoms with van der Waals surface area (Å²) in [5, 5.41) is 15.0. The van der Waals surface area contributed by atoms with E-state index >= 15 is 0 Å². The minimum Gasteiger partial charge on any atom is -0.439 e. The molecule has 0 unspecified atom stereocenters. The zero-order valence-corrected chi connectivity index (χ0v) is 16.1. The van der Waals surface area contributed by atoms with Crippen LogP contribution in [-0.2, 0) is 6.54 Å². The molecule has 0 radical (unpaired) electrons. The van der Waals surface area contributed by atoms with Gasteiger partial charge in [-0.05, 0) is 31.5 Å². The van der Waals surface area contributed by atoms with Crippen molar-refractivity contribution in [3.8, 4) is 11.4 Å². The summed E-state index contributed by atoms with van der Waals surface area (Å²) in [4.78, 5) is 21.9. The number of hydrogen-bond donors (Lipinski definition) is 0. The predicted molar refractivity (Wildman–Crippen MR) is 107 cm³/mol. The second kappa shape index (κ2) is 7.68. The third kappa shape index (κ3) is 3.55. The maximum Gasteiger partial charge on any atom is 0.270 e. The number of non-ortho nitro benzene ring substituents is 1. The fourth-order valence-electron chi connectivity index (χ4n) is 3.86. The molecule has 4 aromatic rings. The lowest BCUT2D eigenvalue weighted by atomic mass is 10.0. The molecule has 30 heavy (non-hydrogen) atoms. The van der Waals surface area contributed by atoms with Gasteiger partial charge in [-0.3, -0.25) is 15.0 Å². The van der Waals surface area contributed by atoms with Crippen LogP contribution in [0.15, 0.2) is 57.5 Å². The average Bonchev–Trinajstić information content (AvgIpc) is 3.41. The van der Waals surface area contributed by atoms with E-state index in [2.05, 4.69) is 20.0 Å². The minimum absolute atomic E-state index is 0.00842. The molecule has 152 valence electrons. The molecule has 0 saturated carbocycles. The molecular formula is C21H19N5O4. The Hall–Kier alpha value is -3.59. The second-order valence-electron chi connectivity index (χ2n) is 7.32.